The molecule has 0 atom stereocenters. The van der Waals surface area contributed by atoms with Gasteiger partial charge in [-0.25, -0.2) is 4.98 Å². The van der Waals surface area contributed by atoms with Crippen LogP contribution in [-0.4, -0.2) is 31.4 Å². The van der Waals surface area contributed by atoms with Crippen molar-refractivity contribution in [3.05, 3.63) is 22.6 Å². The van der Waals surface area contributed by atoms with Crippen molar-refractivity contribution in [3.8, 4) is 6.07 Å². The van der Waals surface area contributed by atoms with E-state index in [-0.39, 0.29) is 11.7 Å². The number of aromatic amines is 1. The summed E-state index contributed by atoms with van der Waals surface area (Å²) < 4.78 is 2.15. The molecule has 1 amide bonds. The number of carbonyl (C=O) groups excluding carboxylic acids is 1. The van der Waals surface area contributed by atoms with Crippen molar-refractivity contribution in [2.75, 3.05) is 11.1 Å². The number of rotatable bonds is 5. The minimum absolute atomic E-state index is 0.152. The van der Waals surface area contributed by atoms with Crippen molar-refractivity contribution in [2.45, 2.75) is 57.7 Å². The number of hydrogen-bond donors (Lipinski definition) is 2. The second-order valence-electron chi connectivity index (χ2n) is 6.39. The van der Waals surface area contributed by atoms with Crippen LogP contribution in [0.5, 0.6) is 0 Å². The molecule has 1 fully saturated rings. The van der Waals surface area contributed by atoms with Crippen LogP contribution in [-0.2, 0) is 4.79 Å². The SMILES string of the molecule is Cc1nc(SCC(=O)Nc2c(C#N)c(C)c(C)n2C2CCCC2)n[nH]1. The van der Waals surface area contributed by atoms with Gasteiger partial charge in [0.1, 0.15) is 17.7 Å². The van der Waals surface area contributed by atoms with Gasteiger partial charge < -0.3 is 9.88 Å². The first-order valence-corrected chi connectivity index (χ1v) is 9.43. The molecule has 2 heterocycles. The minimum Gasteiger partial charge on any atom is -0.327 e. The van der Waals surface area contributed by atoms with E-state index in [4.69, 9.17) is 0 Å². The van der Waals surface area contributed by atoms with E-state index in [0.29, 0.717) is 22.6 Å². The Kier molecular flexibility index (Phi) is 5.13. The van der Waals surface area contributed by atoms with Crippen LogP contribution in [0.2, 0.25) is 0 Å². The molecule has 132 valence electrons. The largest absolute Gasteiger partial charge is 0.327 e. The van der Waals surface area contributed by atoms with Gasteiger partial charge in [-0.05, 0) is 39.2 Å². The van der Waals surface area contributed by atoms with Gasteiger partial charge in [-0.3, -0.25) is 9.89 Å². The van der Waals surface area contributed by atoms with Crippen molar-refractivity contribution in [1.82, 2.24) is 19.7 Å². The first-order chi connectivity index (χ1) is 12.0. The molecule has 8 heteroatoms. The van der Waals surface area contributed by atoms with Crippen molar-refractivity contribution in [1.29, 1.82) is 5.26 Å². The van der Waals surface area contributed by atoms with Crippen molar-refractivity contribution in [2.24, 2.45) is 0 Å². The smallest absolute Gasteiger partial charge is 0.235 e. The fourth-order valence-electron chi connectivity index (χ4n) is 3.39. The van der Waals surface area contributed by atoms with Gasteiger partial charge in [-0.15, -0.1) is 5.10 Å². The Morgan fingerprint density at radius 2 is 2.12 bits per heavy atom. The number of amides is 1. The first-order valence-electron chi connectivity index (χ1n) is 8.44. The highest BCUT2D eigenvalue weighted by molar-refractivity contribution is 7.99. The van der Waals surface area contributed by atoms with E-state index in [1.807, 2.05) is 20.8 Å². The zero-order chi connectivity index (χ0) is 18.0. The summed E-state index contributed by atoms with van der Waals surface area (Å²) in [4.78, 5) is 16.6. The molecule has 2 aromatic rings. The molecule has 0 radical (unpaired) electrons. The summed E-state index contributed by atoms with van der Waals surface area (Å²) in [5, 5.41) is 19.8. The number of aromatic nitrogens is 4. The lowest BCUT2D eigenvalue weighted by Gasteiger charge is -2.19. The first kappa shape index (κ1) is 17.5. The average Bonchev–Trinajstić information content (AvgIpc) is 3.29. The molecule has 0 spiro atoms. The van der Waals surface area contributed by atoms with Crippen molar-refractivity contribution < 1.29 is 4.79 Å². The van der Waals surface area contributed by atoms with Crippen LogP contribution in [0.15, 0.2) is 5.16 Å². The number of carbonyl (C=O) groups is 1. The minimum atomic E-state index is -0.152. The Morgan fingerprint density at radius 1 is 1.40 bits per heavy atom. The Balaban J connectivity index is 1.79. The summed E-state index contributed by atoms with van der Waals surface area (Å²) in [6.07, 6.45) is 4.56. The summed E-state index contributed by atoms with van der Waals surface area (Å²) in [5.74, 6) is 1.41. The van der Waals surface area contributed by atoms with Gasteiger partial charge in [-0.1, -0.05) is 24.6 Å². The molecule has 0 saturated heterocycles. The fourth-order valence-corrected chi connectivity index (χ4v) is 4.03. The van der Waals surface area contributed by atoms with Gasteiger partial charge >= 0.3 is 0 Å². The molecule has 0 aromatic carbocycles. The maximum absolute atomic E-state index is 12.4. The third-order valence-corrected chi connectivity index (χ3v) is 5.57. The molecule has 1 saturated carbocycles. The molecular formula is C17H22N6OS. The molecule has 1 aliphatic carbocycles. The Bertz CT molecular complexity index is 825. The standard InChI is InChI=1S/C17H22N6OS/c1-10-11(2)23(13-6-4-5-7-13)16(14(10)8-18)20-15(24)9-25-17-19-12(3)21-22-17/h13H,4-7,9H2,1-3H3,(H,20,24)(H,19,21,22). The zero-order valence-electron chi connectivity index (χ0n) is 14.7. The molecule has 1 aliphatic rings. The van der Waals surface area contributed by atoms with E-state index < -0.39 is 0 Å². The van der Waals surface area contributed by atoms with Gasteiger partial charge in [0.15, 0.2) is 0 Å². The number of nitriles is 1. The average molecular weight is 358 g/mol. The second kappa shape index (κ2) is 7.31. The van der Waals surface area contributed by atoms with Gasteiger partial charge in [0.2, 0.25) is 11.1 Å². The van der Waals surface area contributed by atoms with E-state index >= 15 is 0 Å². The highest BCUT2D eigenvalue weighted by Gasteiger charge is 2.26. The van der Waals surface area contributed by atoms with Crippen LogP contribution in [0.25, 0.3) is 0 Å². The number of anilines is 1. The van der Waals surface area contributed by atoms with E-state index in [1.165, 1.54) is 24.6 Å². The van der Waals surface area contributed by atoms with Crippen LogP contribution in [0, 0.1) is 32.1 Å². The number of nitrogens with one attached hydrogen (secondary N) is 2. The topological polar surface area (TPSA) is 99.4 Å². The highest BCUT2D eigenvalue weighted by atomic mass is 32.2. The summed E-state index contributed by atoms with van der Waals surface area (Å²) in [5.41, 5.74) is 2.58. The predicted octanol–water partition coefficient (Wildman–Crippen LogP) is 3.25. The van der Waals surface area contributed by atoms with Gasteiger partial charge in [0, 0.05) is 11.7 Å². The number of hydrogen-bond acceptors (Lipinski definition) is 5. The third kappa shape index (κ3) is 3.56. The second-order valence-corrected chi connectivity index (χ2v) is 7.34. The van der Waals surface area contributed by atoms with Crippen LogP contribution >= 0.6 is 11.8 Å². The lowest BCUT2D eigenvalue weighted by molar-refractivity contribution is -0.113. The zero-order valence-corrected chi connectivity index (χ0v) is 15.5. The quantitative estimate of drug-likeness (QED) is 0.799. The molecule has 2 aromatic heterocycles. The number of nitrogens with zero attached hydrogens (tertiary/aromatic N) is 4. The molecular weight excluding hydrogens is 336 g/mol. The van der Waals surface area contributed by atoms with E-state index in [9.17, 15) is 10.1 Å². The van der Waals surface area contributed by atoms with Crippen LogP contribution in [0.1, 0.15) is 54.4 Å². The van der Waals surface area contributed by atoms with Crippen LogP contribution in [0.4, 0.5) is 5.82 Å². The molecule has 2 N–H and O–H groups in total. The van der Waals surface area contributed by atoms with Gasteiger partial charge in [-0.2, -0.15) is 5.26 Å². The van der Waals surface area contributed by atoms with Crippen LogP contribution in [0.3, 0.4) is 0 Å². The van der Waals surface area contributed by atoms with E-state index in [2.05, 4.69) is 31.1 Å². The molecule has 0 bridgehead atoms. The summed E-state index contributed by atoms with van der Waals surface area (Å²) in [6, 6.07) is 2.62. The maximum Gasteiger partial charge on any atom is 0.235 e. The van der Waals surface area contributed by atoms with Crippen molar-refractivity contribution in [3.63, 3.8) is 0 Å². The van der Waals surface area contributed by atoms with Gasteiger partial charge in [0.25, 0.3) is 0 Å². The Hall–Kier alpha value is -2.27. The maximum atomic E-state index is 12.4. The monoisotopic (exact) mass is 358 g/mol. The number of H-pyrrole nitrogens is 1. The lowest BCUT2D eigenvalue weighted by Crippen LogP contribution is -2.19. The van der Waals surface area contributed by atoms with Crippen molar-refractivity contribution >= 4 is 23.5 Å². The molecule has 0 unspecified atom stereocenters. The number of thioether (sulfide) groups is 1. The summed E-state index contributed by atoms with van der Waals surface area (Å²) in [6.45, 7) is 5.78. The molecule has 3 rings (SSSR count). The molecule has 7 nitrogen and oxygen atoms in total. The summed E-state index contributed by atoms with van der Waals surface area (Å²) >= 11 is 1.27. The third-order valence-electron chi connectivity index (χ3n) is 4.73. The molecule has 0 aliphatic heterocycles. The van der Waals surface area contributed by atoms with E-state index in [1.54, 1.807) is 0 Å². The highest BCUT2D eigenvalue weighted by Crippen LogP contribution is 2.37. The van der Waals surface area contributed by atoms with Gasteiger partial charge in [0.05, 0.1) is 11.3 Å². The van der Waals surface area contributed by atoms with Crippen LogP contribution < -0.4 is 5.32 Å². The Labute approximate surface area is 151 Å². The van der Waals surface area contributed by atoms with E-state index in [0.717, 1.165) is 29.9 Å². The fraction of sp³-hybridized carbons (Fsp3) is 0.529. The lowest BCUT2D eigenvalue weighted by atomic mass is 10.2. The summed E-state index contributed by atoms with van der Waals surface area (Å²) in [7, 11) is 0. The Morgan fingerprint density at radius 3 is 2.72 bits per heavy atom. The normalized spacial score (nSPS) is 14.6. The molecule has 25 heavy (non-hydrogen) atoms. The predicted molar refractivity (Wildman–Crippen MR) is 96.6 cm³/mol. The number of aryl methyl sites for hydroxylation is 1.